The fraction of sp³-hybridized carbons (Fsp3) is 0.500. The van der Waals surface area contributed by atoms with Crippen molar-refractivity contribution >= 4 is 0 Å². The maximum Gasteiger partial charge on any atom is 0.0793 e. The van der Waals surface area contributed by atoms with Crippen molar-refractivity contribution in [1.82, 2.24) is 0 Å². The lowest BCUT2D eigenvalue weighted by molar-refractivity contribution is 0.151. The average molecular weight is 194 g/mol. The zero-order chi connectivity index (χ0) is 10.6. The zero-order valence-electron chi connectivity index (χ0n) is 8.83. The predicted molar refractivity (Wildman–Crippen MR) is 57.2 cm³/mol. The van der Waals surface area contributed by atoms with Crippen LogP contribution in [0.2, 0.25) is 0 Å². The monoisotopic (exact) mass is 194 g/mol. The van der Waals surface area contributed by atoms with Gasteiger partial charge < -0.3 is 10.2 Å². The molecule has 0 radical (unpaired) electrons. The highest BCUT2D eigenvalue weighted by Crippen LogP contribution is 2.22. The second-order valence-corrected chi connectivity index (χ2v) is 3.74. The molecule has 0 aliphatic rings. The summed E-state index contributed by atoms with van der Waals surface area (Å²) < 4.78 is 0. The third-order valence-corrected chi connectivity index (χ3v) is 2.43. The number of aryl methyl sites for hydroxylation is 2. The molecule has 0 amide bonds. The number of hydrogen-bond donors (Lipinski definition) is 2. The Bertz CT molecular complexity index is 294. The molecule has 0 heterocycles. The van der Waals surface area contributed by atoms with Gasteiger partial charge in [-0.3, -0.25) is 0 Å². The Morgan fingerprint density at radius 2 is 2.00 bits per heavy atom. The molecule has 0 spiro atoms. The molecule has 1 unspecified atom stereocenters. The van der Waals surface area contributed by atoms with Crippen molar-refractivity contribution in [2.45, 2.75) is 32.8 Å². The zero-order valence-corrected chi connectivity index (χ0v) is 8.83. The Morgan fingerprint density at radius 3 is 2.64 bits per heavy atom. The maximum atomic E-state index is 9.85. The smallest absolute Gasteiger partial charge is 0.0793 e. The van der Waals surface area contributed by atoms with E-state index in [1.54, 1.807) is 0 Å². The van der Waals surface area contributed by atoms with Gasteiger partial charge in [0.1, 0.15) is 0 Å². The molecule has 0 saturated heterocycles. The van der Waals surface area contributed by atoms with E-state index in [1.165, 1.54) is 0 Å². The molecular weight excluding hydrogens is 176 g/mol. The van der Waals surface area contributed by atoms with E-state index in [0.717, 1.165) is 16.7 Å². The van der Waals surface area contributed by atoms with Crippen LogP contribution in [-0.4, -0.2) is 16.8 Å². The summed E-state index contributed by atoms with van der Waals surface area (Å²) in [5, 5.41) is 18.5. The van der Waals surface area contributed by atoms with E-state index in [-0.39, 0.29) is 6.61 Å². The topological polar surface area (TPSA) is 40.5 Å². The van der Waals surface area contributed by atoms with Crippen LogP contribution in [0, 0.1) is 13.8 Å². The molecule has 2 heteroatoms. The quantitative estimate of drug-likeness (QED) is 0.770. The van der Waals surface area contributed by atoms with Gasteiger partial charge in [0.25, 0.3) is 0 Å². The van der Waals surface area contributed by atoms with Crippen LogP contribution in [0.3, 0.4) is 0 Å². The van der Waals surface area contributed by atoms with Crippen LogP contribution in [0.25, 0.3) is 0 Å². The van der Waals surface area contributed by atoms with Crippen molar-refractivity contribution in [3.8, 4) is 0 Å². The Hall–Kier alpha value is -0.860. The first-order valence-corrected chi connectivity index (χ1v) is 5.01. The minimum atomic E-state index is -0.443. The van der Waals surface area contributed by atoms with E-state index in [4.69, 9.17) is 5.11 Å². The standard InChI is InChI=1S/C12H18O2/c1-9-5-6-10(2)11(8-9)12(14)4-3-7-13/h5-6,8,12-14H,3-4,7H2,1-2H3. The summed E-state index contributed by atoms with van der Waals surface area (Å²) in [6.07, 6.45) is 0.831. The van der Waals surface area contributed by atoms with Gasteiger partial charge in [0, 0.05) is 6.61 Å². The molecule has 1 rings (SSSR count). The first-order chi connectivity index (χ1) is 6.65. The van der Waals surface area contributed by atoms with Crippen LogP contribution in [0.5, 0.6) is 0 Å². The van der Waals surface area contributed by atoms with Crippen molar-refractivity contribution in [3.05, 3.63) is 34.9 Å². The van der Waals surface area contributed by atoms with E-state index in [0.29, 0.717) is 12.8 Å². The van der Waals surface area contributed by atoms with Crippen LogP contribution < -0.4 is 0 Å². The normalized spacial score (nSPS) is 12.9. The van der Waals surface area contributed by atoms with Gasteiger partial charge in [-0.05, 0) is 37.8 Å². The lowest BCUT2D eigenvalue weighted by atomic mass is 9.98. The van der Waals surface area contributed by atoms with Gasteiger partial charge >= 0.3 is 0 Å². The molecule has 0 aromatic heterocycles. The molecule has 0 aliphatic heterocycles. The van der Waals surface area contributed by atoms with Gasteiger partial charge in [0.2, 0.25) is 0 Å². The molecule has 1 atom stereocenters. The van der Waals surface area contributed by atoms with Gasteiger partial charge in [-0.15, -0.1) is 0 Å². The fourth-order valence-corrected chi connectivity index (χ4v) is 1.56. The average Bonchev–Trinajstić information content (AvgIpc) is 2.18. The summed E-state index contributed by atoms with van der Waals surface area (Å²) in [4.78, 5) is 0. The first-order valence-electron chi connectivity index (χ1n) is 5.01. The van der Waals surface area contributed by atoms with Gasteiger partial charge in [-0.2, -0.15) is 0 Å². The highest BCUT2D eigenvalue weighted by molar-refractivity contribution is 5.32. The summed E-state index contributed by atoms with van der Waals surface area (Å²) in [6.45, 7) is 4.15. The van der Waals surface area contributed by atoms with E-state index in [2.05, 4.69) is 0 Å². The Labute approximate surface area is 85.2 Å². The molecule has 1 aromatic rings. The van der Waals surface area contributed by atoms with Gasteiger partial charge in [-0.1, -0.05) is 23.8 Å². The van der Waals surface area contributed by atoms with E-state index >= 15 is 0 Å². The third kappa shape index (κ3) is 2.82. The van der Waals surface area contributed by atoms with E-state index < -0.39 is 6.10 Å². The predicted octanol–water partition coefficient (Wildman–Crippen LogP) is 2.11. The summed E-state index contributed by atoms with van der Waals surface area (Å²) in [6, 6.07) is 6.07. The van der Waals surface area contributed by atoms with E-state index in [9.17, 15) is 5.11 Å². The summed E-state index contributed by atoms with van der Waals surface area (Å²) >= 11 is 0. The van der Waals surface area contributed by atoms with Crippen molar-refractivity contribution in [1.29, 1.82) is 0 Å². The van der Waals surface area contributed by atoms with Crippen LogP contribution in [0.1, 0.15) is 35.6 Å². The highest BCUT2D eigenvalue weighted by Gasteiger charge is 2.09. The van der Waals surface area contributed by atoms with Crippen LogP contribution in [0.15, 0.2) is 18.2 Å². The molecule has 0 saturated carbocycles. The number of benzene rings is 1. The molecule has 0 aliphatic carbocycles. The Kier molecular flexibility index (Phi) is 4.11. The van der Waals surface area contributed by atoms with Crippen molar-refractivity contribution < 1.29 is 10.2 Å². The Balaban J connectivity index is 2.77. The maximum absolute atomic E-state index is 9.85. The second kappa shape index (κ2) is 5.13. The van der Waals surface area contributed by atoms with Crippen molar-refractivity contribution in [2.24, 2.45) is 0 Å². The molecule has 1 aromatic carbocycles. The molecule has 0 fully saturated rings. The lowest BCUT2D eigenvalue weighted by Gasteiger charge is -2.13. The minimum absolute atomic E-state index is 0.141. The highest BCUT2D eigenvalue weighted by atomic mass is 16.3. The largest absolute Gasteiger partial charge is 0.396 e. The SMILES string of the molecule is Cc1ccc(C)c(C(O)CCCO)c1. The third-order valence-electron chi connectivity index (χ3n) is 2.43. The fourth-order valence-electron chi connectivity index (χ4n) is 1.56. The van der Waals surface area contributed by atoms with Gasteiger partial charge in [-0.25, -0.2) is 0 Å². The van der Waals surface area contributed by atoms with Crippen molar-refractivity contribution in [2.75, 3.05) is 6.61 Å². The van der Waals surface area contributed by atoms with Crippen LogP contribution in [0.4, 0.5) is 0 Å². The number of hydrogen-bond acceptors (Lipinski definition) is 2. The first kappa shape index (κ1) is 11.2. The van der Waals surface area contributed by atoms with E-state index in [1.807, 2.05) is 32.0 Å². The van der Waals surface area contributed by atoms with Gasteiger partial charge in [0.05, 0.1) is 6.10 Å². The molecule has 78 valence electrons. The Morgan fingerprint density at radius 1 is 1.29 bits per heavy atom. The molecule has 2 N–H and O–H groups in total. The summed E-state index contributed by atoms with van der Waals surface area (Å²) in [5.41, 5.74) is 3.26. The van der Waals surface area contributed by atoms with Crippen LogP contribution >= 0.6 is 0 Å². The minimum Gasteiger partial charge on any atom is -0.396 e. The number of aliphatic hydroxyl groups is 2. The second-order valence-electron chi connectivity index (χ2n) is 3.74. The molecular formula is C12H18O2. The molecule has 0 bridgehead atoms. The summed E-state index contributed by atoms with van der Waals surface area (Å²) in [7, 11) is 0. The number of aliphatic hydroxyl groups excluding tert-OH is 2. The molecule has 2 nitrogen and oxygen atoms in total. The lowest BCUT2D eigenvalue weighted by Crippen LogP contribution is -2.01. The number of rotatable bonds is 4. The molecule has 14 heavy (non-hydrogen) atoms. The van der Waals surface area contributed by atoms with Crippen LogP contribution in [-0.2, 0) is 0 Å². The summed E-state index contributed by atoms with van der Waals surface area (Å²) in [5.74, 6) is 0. The van der Waals surface area contributed by atoms with Gasteiger partial charge in [0.15, 0.2) is 0 Å². The van der Waals surface area contributed by atoms with Crippen molar-refractivity contribution in [3.63, 3.8) is 0 Å².